The Morgan fingerprint density at radius 2 is 2.03 bits per heavy atom. The Labute approximate surface area is 196 Å². The SMILES string of the molecule is CCC1CC(N2CCCN2)CCC1S(=O)(=O)c1ccc(NC(=O)NCc2cccnc2)cc1. The van der Waals surface area contributed by atoms with Crippen molar-refractivity contribution in [1.82, 2.24) is 20.7 Å². The van der Waals surface area contributed by atoms with Crippen molar-refractivity contribution in [2.45, 2.75) is 61.8 Å². The van der Waals surface area contributed by atoms with E-state index in [0.717, 1.165) is 44.3 Å². The van der Waals surface area contributed by atoms with Crippen molar-refractivity contribution in [2.24, 2.45) is 5.92 Å². The van der Waals surface area contributed by atoms with E-state index in [0.29, 0.717) is 29.6 Å². The first-order chi connectivity index (χ1) is 16.0. The van der Waals surface area contributed by atoms with Gasteiger partial charge in [-0.05, 0) is 67.5 Å². The number of hydrazine groups is 1. The van der Waals surface area contributed by atoms with Crippen LogP contribution in [0.15, 0.2) is 53.7 Å². The molecule has 0 spiro atoms. The first kappa shape index (κ1) is 23.7. The fraction of sp³-hybridized carbons (Fsp3) is 0.500. The van der Waals surface area contributed by atoms with E-state index in [1.54, 1.807) is 36.7 Å². The van der Waals surface area contributed by atoms with Crippen LogP contribution in [0.4, 0.5) is 10.5 Å². The van der Waals surface area contributed by atoms with Gasteiger partial charge in [-0.3, -0.25) is 10.4 Å². The molecule has 1 saturated carbocycles. The number of urea groups is 1. The van der Waals surface area contributed by atoms with Gasteiger partial charge in [-0.15, -0.1) is 0 Å². The second-order valence-electron chi connectivity index (χ2n) is 8.87. The number of sulfone groups is 1. The minimum Gasteiger partial charge on any atom is -0.334 e. The van der Waals surface area contributed by atoms with Gasteiger partial charge >= 0.3 is 6.03 Å². The number of anilines is 1. The normalized spacial score (nSPS) is 23.8. The van der Waals surface area contributed by atoms with Crippen molar-refractivity contribution in [3.63, 3.8) is 0 Å². The highest BCUT2D eigenvalue weighted by Crippen LogP contribution is 2.37. The average molecular weight is 472 g/mol. The highest BCUT2D eigenvalue weighted by atomic mass is 32.2. The number of pyridine rings is 1. The molecule has 2 fully saturated rings. The largest absolute Gasteiger partial charge is 0.334 e. The number of rotatable bonds is 7. The second kappa shape index (κ2) is 10.6. The van der Waals surface area contributed by atoms with Gasteiger partial charge in [0, 0.05) is 43.8 Å². The van der Waals surface area contributed by atoms with E-state index in [4.69, 9.17) is 0 Å². The van der Waals surface area contributed by atoms with Crippen LogP contribution in [0.5, 0.6) is 0 Å². The van der Waals surface area contributed by atoms with Crippen molar-refractivity contribution < 1.29 is 13.2 Å². The lowest BCUT2D eigenvalue weighted by Crippen LogP contribution is -2.47. The lowest BCUT2D eigenvalue weighted by molar-refractivity contribution is 0.113. The molecular formula is C24H33N5O3S. The number of nitrogens with one attached hydrogen (secondary N) is 3. The molecule has 2 aromatic rings. The maximum absolute atomic E-state index is 13.4. The van der Waals surface area contributed by atoms with Crippen LogP contribution < -0.4 is 16.1 Å². The number of nitrogens with zero attached hydrogens (tertiary/aromatic N) is 2. The van der Waals surface area contributed by atoms with Crippen LogP contribution in [0, 0.1) is 5.92 Å². The fourth-order valence-electron chi connectivity index (χ4n) is 4.96. The van der Waals surface area contributed by atoms with Gasteiger partial charge in [0.1, 0.15) is 0 Å². The van der Waals surface area contributed by atoms with Crippen LogP contribution in [0.3, 0.4) is 0 Å². The Balaban J connectivity index is 1.36. The summed E-state index contributed by atoms with van der Waals surface area (Å²) in [4.78, 5) is 16.5. The third-order valence-electron chi connectivity index (χ3n) is 6.76. The van der Waals surface area contributed by atoms with Crippen LogP contribution in [0.2, 0.25) is 0 Å². The molecule has 1 saturated heterocycles. The summed E-state index contributed by atoms with van der Waals surface area (Å²) in [6, 6.07) is 10.3. The molecule has 3 unspecified atom stereocenters. The maximum atomic E-state index is 13.4. The Kier molecular flexibility index (Phi) is 7.62. The van der Waals surface area contributed by atoms with E-state index >= 15 is 0 Å². The Morgan fingerprint density at radius 1 is 1.21 bits per heavy atom. The molecule has 1 aliphatic carbocycles. The number of carbonyl (C=O) groups excluding carboxylic acids is 1. The number of hydrogen-bond acceptors (Lipinski definition) is 6. The van der Waals surface area contributed by atoms with Crippen LogP contribution in [-0.4, -0.2) is 48.8 Å². The van der Waals surface area contributed by atoms with Crippen molar-refractivity contribution in [1.29, 1.82) is 0 Å². The van der Waals surface area contributed by atoms with Crippen molar-refractivity contribution >= 4 is 21.6 Å². The van der Waals surface area contributed by atoms with Crippen molar-refractivity contribution in [3.05, 3.63) is 54.4 Å². The molecule has 4 rings (SSSR count). The summed E-state index contributed by atoms with van der Waals surface area (Å²) in [5.74, 6) is 0.146. The smallest absolute Gasteiger partial charge is 0.319 e. The zero-order chi connectivity index (χ0) is 23.3. The molecule has 0 bridgehead atoms. The molecule has 1 aromatic carbocycles. The molecule has 8 nitrogen and oxygen atoms in total. The van der Waals surface area contributed by atoms with Gasteiger partial charge in [0.25, 0.3) is 0 Å². The zero-order valence-corrected chi connectivity index (χ0v) is 19.9. The highest BCUT2D eigenvalue weighted by Gasteiger charge is 2.40. The number of carbonyl (C=O) groups is 1. The molecule has 1 aliphatic heterocycles. The Morgan fingerprint density at radius 3 is 2.70 bits per heavy atom. The molecule has 1 aromatic heterocycles. The fourth-order valence-corrected chi connectivity index (χ4v) is 7.08. The van der Waals surface area contributed by atoms with Crippen LogP contribution in [0.25, 0.3) is 0 Å². The summed E-state index contributed by atoms with van der Waals surface area (Å²) in [6.07, 6.45) is 7.85. The standard InChI is InChI=1S/C24H33N5O3S/c1-2-19-15-21(29-14-4-13-27-29)8-11-23(19)33(31,32)22-9-6-20(7-10-22)28-24(30)26-17-18-5-3-12-25-16-18/h3,5-7,9-10,12,16,19,21,23,27H,2,4,8,11,13-15,17H2,1H3,(H2,26,28,30). The van der Waals surface area contributed by atoms with Gasteiger partial charge in [-0.2, -0.15) is 0 Å². The average Bonchev–Trinajstić information content (AvgIpc) is 3.38. The monoisotopic (exact) mass is 471 g/mol. The number of hydrogen-bond donors (Lipinski definition) is 3. The summed E-state index contributed by atoms with van der Waals surface area (Å²) in [7, 11) is -3.44. The van der Waals surface area contributed by atoms with Gasteiger partial charge in [0.15, 0.2) is 9.84 Å². The highest BCUT2D eigenvalue weighted by molar-refractivity contribution is 7.92. The van der Waals surface area contributed by atoms with E-state index in [9.17, 15) is 13.2 Å². The summed E-state index contributed by atoms with van der Waals surface area (Å²) < 4.78 is 26.9. The van der Waals surface area contributed by atoms with Crippen LogP contribution in [0.1, 0.15) is 44.6 Å². The number of benzene rings is 1. The third kappa shape index (κ3) is 5.72. The van der Waals surface area contributed by atoms with Crippen LogP contribution >= 0.6 is 0 Å². The van der Waals surface area contributed by atoms with Gasteiger partial charge in [-0.25, -0.2) is 18.2 Å². The third-order valence-corrected chi connectivity index (χ3v) is 9.10. The molecular weight excluding hydrogens is 438 g/mol. The topological polar surface area (TPSA) is 103 Å². The van der Waals surface area contributed by atoms with Crippen LogP contribution in [-0.2, 0) is 16.4 Å². The molecule has 9 heteroatoms. The lowest BCUT2D eigenvalue weighted by atomic mass is 9.83. The van der Waals surface area contributed by atoms with E-state index in [1.165, 1.54) is 0 Å². The molecule has 3 atom stereocenters. The molecule has 178 valence electrons. The summed E-state index contributed by atoms with van der Waals surface area (Å²) in [6.45, 7) is 4.50. The summed E-state index contributed by atoms with van der Waals surface area (Å²) in [5.41, 5.74) is 4.88. The predicted molar refractivity (Wildman–Crippen MR) is 128 cm³/mol. The van der Waals surface area contributed by atoms with Gasteiger partial charge in [-0.1, -0.05) is 19.4 Å². The predicted octanol–water partition coefficient (Wildman–Crippen LogP) is 3.33. The minimum atomic E-state index is -3.44. The second-order valence-corrected chi connectivity index (χ2v) is 11.0. The minimum absolute atomic E-state index is 0.146. The van der Waals surface area contributed by atoms with Gasteiger partial charge < -0.3 is 10.6 Å². The molecule has 2 amide bonds. The Hall–Kier alpha value is -2.49. The molecule has 3 N–H and O–H groups in total. The molecule has 2 heterocycles. The first-order valence-electron chi connectivity index (χ1n) is 11.7. The van der Waals surface area contributed by atoms with Crippen molar-refractivity contribution in [3.8, 4) is 0 Å². The van der Waals surface area contributed by atoms with Gasteiger partial charge in [0.05, 0.1) is 10.1 Å². The number of amides is 2. The molecule has 33 heavy (non-hydrogen) atoms. The maximum Gasteiger partial charge on any atom is 0.319 e. The van der Waals surface area contributed by atoms with E-state index < -0.39 is 9.84 Å². The lowest BCUT2D eigenvalue weighted by Gasteiger charge is -2.39. The van der Waals surface area contributed by atoms with Crippen molar-refractivity contribution in [2.75, 3.05) is 18.4 Å². The first-order valence-corrected chi connectivity index (χ1v) is 13.3. The van der Waals surface area contributed by atoms with Gasteiger partial charge in [0.2, 0.25) is 0 Å². The Bertz CT molecular complexity index is 1020. The number of aromatic nitrogens is 1. The molecule has 0 radical (unpaired) electrons. The van der Waals surface area contributed by atoms with E-state index in [2.05, 4.69) is 33.0 Å². The van der Waals surface area contributed by atoms with E-state index in [1.807, 2.05) is 12.1 Å². The molecule has 2 aliphatic rings. The summed E-state index contributed by atoms with van der Waals surface area (Å²) >= 11 is 0. The zero-order valence-electron chi connectivity index (χ0n) is 19.0. The quantitative estimate of drug-likeness (QED) is 0.572. The summed E-state index contributed by atoms with van der Waals surface area (Å²) in [5, 5.41) is 7.47. The van der Waals surface area contributed by atoms with E-state index in [-0.39, 0.29) is 17.2 Å².